The summed E-state index contributed by atoms with van der Waals surface area (Å²) in [5.41, 5.74) is 8.02. The molecule has 3 aromatic carbocycles. The second-order valence-electron chi connectivity index (χ2n) is 9.06. The molecule has 0 radical (unpaired) electrons. The second-order valence-corrected chi connectivity index (χ2v) is 9.42. The SMILES string of the molecule is Cc1ccc(C(C)C)c(OCc2ccc(C(=O)N/N=C\c3c(C)nn(-c4ccc(F)cc4)c3Cl)cc2)c1. The maximum atomic E-state index is 13.2. The van der Waals surface area contributed by atoms with Gasteiger partial charge in [-0.3, -0.25) is 4.79 Å². The molecule has 1 heterocycles. The van der Waals surface area contributed by atoms with Crippen molar-refractivity contribution in [3.8, 4) is 11.4 Å². The number of nitrogens with zero attached hydrogens (tertiary/aromatic N) is 3. The fourth-order valence-electron chi connectivity index (χ4n) is 3.79. The van der Waals surface area contributed by atoms with Crippen molar-refractivity contribution >= 4 is 23.7 Å². The topological polar surface area (TPSA) is 68.5 Å². The van der Waals surface area contributed by atoms with Crippen molar-refractivity contribution in [1.82, 2.24) is 15.2 Å². The molecule has 0 spiro atoms. The zero-order chi connectivity index (χ0) is 26.5. The molecule has 0 fully saturated rings. The van der Waals surface area contributed by atoms with Gasteiger partial charge in [0.05, 0.1) is 23.2 Å². The first-order chi connectivity index (χ1) is 17.7. The predicted octanol–water partition coefficient (Wildman–Crippen LogP) is 6.75. The van der Waals surface area contributed by atoms with E-state index in [4.69, 9.17) is 16.3 Å². The third-order valence-electron chi connectivity index (χ3n) is 5.88. The number of hydrazone groups is 1. The molecule has 0 aliphatic heterocycles. The highest BCUT2D eigenvalue weighted by molar-refractivity contribution is 6.32. The normalized spacial score (nSPS) is 11.3. The first-order valence-electron chi connectivity index (χ1n) is 11.9. The molecular formula is C29H28ClFN4O2. The first kappa shape index (κ1) is 26.1. The molecule has 1 N–H and O–H groups in total. The van der Waals surface area contributed by atoms with Crippen molar-refractivity contribution in [1.29, 1.82) is 0 Å². The number of rotatable bonds is 8. The van der Waals surface area contributed by atoms with Crippen molar-refractivity contribution in [2.75, 3.05) is 0 Å². The van der Waals surface area contributed by atoms with Crippen molar-refractivity contribution in [3.05, 3.63) is 111 Å². The fourth-order valence-corrected chi connectivity index (χ4v) is 4.11. The molecule has 1 amide bonds. The number of nitrogens with one attached hydrogen (secondary N) is 1. The molecule has 0 atom stereocenters. The van der Waals surface area contributed by atoms with Crippen LogP contribution in [0.5, 0.6) is 5.75 Å². The zero-order valence-electron chi connectivity index (χ0n) is 21.1. The smallest absolute Gasteiger partial charge is 0.271 e. The van der Waals surface area contributed by atoms with E-state index in [-0.39, 0.29) is 11.7 Å². The molecule has 0 aliphatic carbocycles. The Hall–Kier alpha value is -3.97. The number of aromatic nitrogens is 2. The largest absolute Gasteiger partial charge is 0.489 e. The Bertz CT molecular complexity index is 1430. The zero-order valence-corrected chi connectivity index (χ0v) is 21.9. The van der Waals surface area contributed by atoms with Crippen LogP contribution in [0.25, 0.3) is 5.69 Å². The predicted molar refractivity (Wildman–Crippen MR) is 144 cm³/mol. The molecule has 4 aromatic rings. The van der Waals surface area contributed by atoms with Crippen LogP contribution < -0.4 is 10.2 Å². The Morgan fingerprint density at radius 3 is 2.49 bits per heavy atom. The van der Waals surface area contributed by atoms with Gasteiger partial charge in [0.2, 0.25) is 0 Å². The average Bonchev–Trinajstić information content (AvgIpc) is 3.16. The minimum atomic E-state index is -0.357. The Morgan fingerprint density at radius 2 is 1.81 bits per heavy atom. The molecule has 190 valence electrons. The molecule has 0 saturated heterocycles. The van der Waals surface area contributed by atoms with Crippen LogP contribution in [0.3, 0.4) is 0 Å². The Labute approximate surface area is 220 Å². The van der Waals surface area contributed by atoms with Crippen molar-refractivity contribution in [2.45, 2.75) is 40.2 Å². The molecule has 8 heteroatoms. The summed E-state index contributed by atoms with van der Waals surface area (Å²) in [5.74, 6) is 0.533. The van der Waals surface area contributed by atoms with Gasteiger partial charge in [-0.25, -0.2) is 14.5 Å². The lowest BCUT2D eigenvalue weighted by molar-refractivity contribution is 0.0955. The first-order valence-corrected chi connectivity index (χ1v) is 12.3. The van der Waals surface area contributed by atoms with E-state index in [1.807, 2.05) is 25.1 Å². The van der Waals surface area contributed by atoms with Crippen LogP contribution in [0.15, 0.2) is 71.8 Å². The third-order valence-corrected chi connectivity index (χ3v) is 6.24. The number of carbonyl (C=O) groups is 1. The van der Waals surface area contributed by atoms with Crippen LogP contribution in [0.1, 0.15) is 58.1 Å². The van der Waals surface area contributed by atoms with Gasteiger partial charge in [-0.1, -0.05) is 49.7 Å². The van der Waals surface area contributed by atoms with Crippen molar-refractivity contribution in [2.24, 2.45) is 5.10 Å². The Morgan fingerprint density at radius 1 is 1.11 bits per heavy atom. The maximum absolute atomic E-state index is 13.2. The number of hydrogen-bond donors (Lipinski definition) is 1. The summed E-state index contributed by atoms with van der Waals surface area (Å²) in [4.78, 5) is 12.6. The van der Waals surface area contributed by atoms with E-state index < -0.39 is 0 Å². The minimum absolute atomic E-state index is 0.306. The van der Waals surface area contributed by atoms with E-state index in [0.717, 1.165) is 22.4 Å². The standard InChI is InChI=1S/C29H28ClFN4O2/c1-18(2)25-14-5-19(3)15-27(25)37-17-21-6-8-22(9-7-21)29(36)33-32-16-26-20(4)34-35(28(26)30)24-12-10-23(31)11-13-24/h5-16,18H,17H2,1-4H3,(H,33,36)/b32-16-. The van der Waals surface area contributed by atoms with Crippen LogP contribution in [-0.4, -0.2) is 21.9 Å². The van der Waals surface area contributed by atoms with Gasteiger partial charge < -0.3 is 4.74 Å². The van der Waals surface area contributed by atoms with Gasteiger partial charge in [0, 0.05) is 5.56 Å². The maximum Gasteiger partial charge on any atom is 0.271 e. The number of amides is 1. The minimum Gasteiger partial charge on any atom is -0.489 e. The monoisotopic (exact) mass is 518 g/mol. The highest BCUT2D eigenvalue weighted by Crippen LogP contribution is 2.28. The second kappa shape index (κ2) is 11.4. The van der Waals surface area contributed by atoms with Gasteiger partial charge in [0.1, 0.15) is 23.3 Å². The summed E-state index contributed by atoms with van der Waals surface area (Å²) >= 11 is 6.45. The van der Waals surface area contributed by atoms with Crippen LogP contribution in [0.4, 0.5) is 4.39 Å². The quantitative estimate of drug-likeness (QED) is 0.207. The number of benzene rings is 3. The fraction of sp³-hybridized carbons (Fsp3) is 0.207. The van der Waals surface area contributed by atoms with Gasteiger partial charge >= 0.3 is 0 Å². The van der Waals surface area contributed by atoms with Crippen molar-refractivity contribution < 1.29 is 13.9 Å². The summed E-state index contributed by atoms with van der Waals surface area (Å²) in [5, 5.41) is 8.73. The number of hydrogen-bond acceptors (Lipinski definition) is 4. The summed E-state index contributed by atoms with van der Waals surface area (Å²) in [6, 6.07) is 19.2. The Balaban J connectivity index is 1.38. The van der Waals surface area contributed by atoms with E-state index in [1.54, 1.807) is 31.2 Å². The van der Waals surface area contributed by atoms with E-state index >= 15 is 0 Å². The number of aryl methyl sites for hydroxylation is 2. The number of halogens is 2. The lowest BCUT2D eigenvalue weighted by Gasteiger charge is -2.15. The van der Waals surface area contributed by atoms with Gasteiger partial charge in [-0.05, 0) is 78.9 Å². The third kappa shape index (κ3) is 6.24. The van der Waals surface area contributed by atoms with Crippen LogP contribution in [0.2, 0.25) is 5.15 Å². The van der Waals surface area contributed by atoms with E-state index in [0.29, 0.717) is 40.2 Å². The van der Waals surface area contributed by atoms with Crippen LogP contribution in [0, 0.1) is 19.7 Å². The Kier molecular flexibility index (Phi) is 8.04. The van der Waals surface area contributed by atoms with Crippen LogP contribution in [-0.2, 0) is 6.61 Å². The molecule has 6 nitrogen and oxygen atoms in total. The van der Waals surface area contributed by atoms with E-state index in [2.05, 4.69) is 41.6 Å². The molecular weight excluding hydrogens is 491 g/mol. The summed E-state index contributed by atoms with van der Waals surface area (Å²) in [6.07, 6.45) is 1.44. The molecule has 4 rings (SSSR count). The molecule has 0 bridgehead atoms. The highest BCUT2D eigenvalue weighted by Gasteiger charge is 2.14. The number of ether oxygens (including phenoxy) is 1. The molecule has 0 aliphatic rings. The molecule has 0 saturated carbocycles. The van der Waals surface area contributed by atoms with Gasteiger partial charge in [-0.2, -0.15) is 10.2 Å². The van der Waals surface area contributed by atoms with Crippen LogP contribution >= 0.6 is 11.6 Å². The summed E-state index contributed by atoms with van der Waals surface area (Å²) in [7, 11) is 0. The summed E-state index contributed by atoms with van der Waals surface area (Å²) < 4.78 is 20.8. The summed E-state index contributed by atoms with van der Waals surface area (Å²) in [6.45, 7) is 8.50. The molecule has 1 aromatic heterocycles. The lowest BCUT2D eigenvalue weighted by atomic mass is 10.0. The van der Waals surface area contributed by atoms with Gasteiger partial charge in [-0.15, -0.1) is 0 Å². The number of carbonyl (C=O) groups excluding carboxylic acids is 1. The van der Waals surface area contributed by atoms with Gasteiger partial charge in [0.25, 0.3) is 5.91 Å². The van der Waals surface area contributed by atoms with E-state index in [1.165, 1.54) is 23.0 Å². The highest BCUT2D eigenvalue weighted by atomic mass is 35.5. The van der Waals surface area contributed by atoms with E-state index in [9.17, 15) is 9.18 Å². The van der Waals surface area contributed by atoms with Crippen molar-refractivity contribution in [3.63, 3.8) is 0 Å². The molecule has 37 heavy (non-hydrogen) atoms. The van der Waals surface area contributed by atoms with Gasteiger partial charge in [0.15, 0.2) is 0 Å². The average molecular weight is 519 g/mol. The molecule has 0 unspecified atom stereocenters. The lowest BCUT2D eigenvalue weighted by Crippen LogP contribution is -2.17.